The van der Waals surface area contributed by atoms with Gasteiger partial charge in [0.1, 0.15) is 11.4 Å². The summed E-state index contributed by atoms with van der Waals surface area (Å²) < 4.78 is 14.5. The van der Waals surface area contributed by atoms with E-state index in [0.29, 0.717) is 50.5 Å². The highest BCUT2D eigenvalue weighted by Crippen LogP contribution is 2.37. The number of nitrogens with zero attached hydrogens (tertiary/aromatic N) is 2. The summed E-state index contributed by atoms with van der Waals surface area (Å²) in [4.78, 5) is 41.6. The van der Waals surface area contributed by atoms with Gasteiger partial charge in [0, 0.05) is 5.56 Å². The van der Waals surface area contributed by atoms with Crippen molar-refractivity contribution >= 4 is 23.4 Å². The van der Waals surface area contributed by atoms with Gasteiger partial charge in [0.05, 0.1) is 31.9 Å². The average Bonchev–Trinajstić information content (AvgIpc) is 2.96. The van der Waals surface area contributed by atoms with Crippen LogP contribution in [0.25, 0.3) is 0 Å². The van der Waals surface area contributed by atoms with E-state index < -0.39 is 11.4 Å². The first-order valence-corrected chi connectivity index (χ1v) is 10.8. The summed E-state index contributed by atoms with van der Waals surface area (Å²) in [5, 5.41) is 3.00. The molecule has 0 aromatic heterocycles. The third-order valence-corrected chi connectivity index (χ3v) is 7.05. The van der Waals surface area contributed by atoms with Gasteiger partial charge in [-0.2, -0.15) is 0 Å². The molecule has 1 saturated carbocycles. The van der Waals surface area contributed by atoms with Crippen molar-refractivity contribution in [2.75, 3.05) is 37.7 Å². The molecule has 1 aromatic rings. The number of ketones is 1. The number of hydrogen-bond donors (Lipinski definition) is 2. The van der Waals surface area contributed by atoms with E-state index in [1.165, 1.54) is 17.9 Å². The monoisotopic (exact) mass is 417 g/mol. The molecule has 8 heteroatoms. The molecule has 162 valence electrons. The molecule has 2 atom stereocenters. The number of carbonyl (C=O) groups is 3. The molecule has 2 N–H and O–H groups in total. The van der Waals surface area contributed by atoms with Crippen LogP contribution in [0.4, 0.5) is 14.9 Å². The standard InChI is InChI=1S/C22H29FN4O3/c1-15-5-3-4-8-22(15)20(29)27(21(30)24-22)14-25-9-11-26(12-10-25)19-7-6-17(16(2)28)13-18(19)23/h6-7,13,15H,3-5,8-12,14H2,1-2H3,(H,24,30)/p+1/t15-,22+/m1/s1. The summed E-state index contributed by atoms with van der Waals surface area (Å²) in [6.07, 6.45) is 3.74. The second-order valence-corrected chi connectivity index (χ2v) is 8.90. The van der Waals surface area contributed by atoms with Crippen molar-refractivity contribution in [1.29, 1.82) is 0 Å². The smallest absolute Gasteiger partial charge is 0.329 e. The van der Waals surface area contributed by atoms with Crippen LogP contribution in [0.15, 0.2) is 18.2 Å². The van der Waals surface area contributed by atoms with E-state index in [4.69, 9.17) is 0 Å². The van der Waals surface area contributed by atoms with Gasteiger partial charge in [-0.25, -0.2) is 14.1 Å². The normalized spacial score (nSPS) is 27.6. The number of quaternary nitrogens is 1. The highest BCUT2D eigenvalue weighted by atomic mass is 19.1. The summed E-state index contributed by atoms with van der Waals surface area (Å²) >= 11 is 0. The van der Waals surface area contributed by atoms with E-state index in [9.17, 15) is 18.8 Å². The highest BCUT2D eigenvalue weighted by Gasteiger charge is 2.55. The Kier molecular flexibility index (Phi) is 5.53. The van der Waals surface area contributed by atoms with Crippen LogP contribution in [0.2, 0.25) is 0 Å². The second-order valence-electron chi connectivity index (χ2n) is 8.90. The number of Topliss-reactive ketones (excluding diaryl/α,β-unsaturated/α-hetero) is 1. The van der Waals surface area contributed by atoms with Crippen molar-refractivity contribution < 1.29 is 23.7 Å². The van der Waals surface area contributed by atoms with Gasteiger partial charge in [-0.1, -0.05) is 19.8 Å². The average molecular weight is 418 g/mol. The summed E-state index contributed by atoms with van der Waals surface area (Å²) in [7, 11) is 0. The highest BCUT2D eigenvalue weighted by molar-refractivity contribution is 6.07. The predicted octanol–water partition coefficient (Wildman–Crippen LogP) is 1.19. The predicted molar refractivity (Wildman–Crippen MR) is 110 cm³/mol. The number of piperazine rings is 1. The molecule has 2 heterocycles. The molecule has 1 aliphatic carbocycles. The van der Waals surface area contributed by atoms with Crippen LogP contribution in [0, 0.1) is 11.7 Å². The molecule has 1 aromatic carbocycles. The molecule has 0 radical (unpaired) electrons. The van der Waals surface area contributed by atoms with Gasteiger partial charge >= 0.3 is 6.03 Å². The number of nitrogens with one attached hydrogen (secondary N) is 2. The van der Waals surface area contributed by atoms with Gasteiger partial charge in [0.15, 0.2) is 12.5 Å². The molecule has 0 unspecified atom stereocenters. The zero-order chi connectivity index (χ0) is 21.5. The zero-order valence-corrected chi connectivity index (χ0v) is 17.7. The SMILES string of the molecule is CC(=O)c1ccc(N2CC[NH+](CN3C(=O)N[C@]4(CCCC[C@H]4C)C3=O)CC2)c(F)c1. The molecular weight excluding hydrogens is 387 g/mol. The van der Waals surface area contributed by atoms with Crippen molar-refractivity contribution in [1.82, 2.24) is 10.2 Å². The molecule has 0 bridgehead atoms. The number of anilines is 1. The maximum Gasteiger partial charge on any atom is 0.329 e. The first-order valence-electron chi connectivity index (χ1n) is 10.8. The quantitative estimate of drug-likeness (QED) is 0.570. The van der Waals surface area contributed by atoms with E-state index in [2.05, 4.69) is 12.2 Å². The van der Waals surface area contributed by atoms with Crippen molar-refractivity contribution in [3.63, 3.8) is 0 Å². The Morgan fingerprint density at radius 3 is 2.63 bits per heavy atom. The number of rotatable bonds is 4. The number of imide groups is 1. The van der Waals surface area contributed by atoms with Crippen LogP contribution in [-0.4, -0.2) is 61.0 Å². The Balaban J connectivity index is 1.38. The van der Waals surface area contributed by atoms with Gasteiger partial charge in [-0.3, -0.25) is 9.59 Å². The van der Waals surface area contributed by atoms with E-state index in [1.807, 2.05) is 4.90 Å². The minimum Gasteiger partial charge on any atom is -0.358 e. The van der Waals surface area contributed by atoms with Crippen molar-refractivity contribution in [2.24, 2.45) is 5.92 Å². The first-order chi connectivity index (χ1) is 14.3. The minimum atomic E-state index is -0.724. The molecule has 2 aliphatic heterocycles. The van der Waals surface area contributed by atoms with Gasteiger partial charge in [-0.15, -0.1) is 0 Å². The van der Waals surface area contributed by atoms with E-state index in [0.717, 1.165) is 24.2 Å². The molecule has 1 spiro atoms. The third kappa shape index (κ3) is 3.57. The fraction of sp³-hybridized carbons (Fsp3) is 0.591. The van der Waals surface area contributed by atoms with Gasteiger partial charge in [0.25, 0.3) is 5.91 Å². The molecule has 30 heavy (non-hydrogen) atoms. The van der Waals surface area contributed by atoms with Crippen LogP contribution in [0.5, 0.6) is 0 Å². The van der Waals surface area contributed by atoms with Crippen LogP contribution in [-0.2, 0) is 4.79 Å². The lowest BCUT2D eigenvalue weighted by molar-refractivity contribution is -0.907. The van der Waals surface area contributed by atoms with Gasteiger partial charge in [0.2, 0.25) is 0 Å². The van der Waals surface area contributed by atoms with Crippen molar-refractivity contribution in [3.8, 4) is 0 Å². The topological polar surface area (TPSA) is 74.2 Å². The molecule has 3 fully saturated rings. The first kappa shape index (κ1) is 20.8. The lowest BCUT2D eigenvalue weighted by Gasteiger charge is -2.37. The Bertz CT molecular complexity index is 868. The zero-order valence-electron chi connectivity index (χ0n) is 17.7. The van der Waals surface area contributed by atoms with Crippen molar-refractivity contribution in [3.05, 3.63) is 29.6 Å². The fourth-order valence-electron chi connectivity index (χ4n) is 5.07. The summed E-state index contributed by atoms with van der Waals surface area (Å²) in [5.74, 6) is -0.484. The number of urea groups is 1. The lowest BCUT2D eigenvalue weighted by atomic mass is 9.73. The van der Waals surface area contributed by atoms with Crippen LogP contribution >= 0.6 is 0 Å². The number of benzene rings is 1. The Labute approximate surface area is 176 Å². The van der Waals surface area contributed by atoms with Crippen LogP contribution < -0.4 is 15.1 Å². The van der Waals surface area contributed by atoms with Crippen LogP contribution in [0.1, 0.15) is 49.9 Å². The number of hydrogen-bond acceptors (Lipinski definition) is 4. The Morgan fingerprint density at radius 1 is 1.27 bits per heavy atom. The largest absolute Gasteiger partial charge is 0.358 e. The van der Waals surface area contributed by atoms with Crippen LogP contribution in [0.3, 0.4) is 0 Å². The van der Waals surface area contributed by atoms with E-state index >= 15 is 0 Å². The number of halogens is 1. The van der Waals surface area contributed by atoms with E-state index in [1.54, 1.807) is 12.1 Å². The molecule has 7 nitrogen and oxygen atoms in total. The molecule has 2 saturated heterocycles. The third-order valence-electron chi connectivity index (χ3n) is 7.05. The minimum absolute atomic E-state index is 0.0829. The summed E-state index contributed by atoms with van der Waals surface area (Å²) in [5.41, 5.74) is 0.131. The van der Waals surface area contributed by atoms with Gasteiger partial charge < -0.3 is 15.1 Å². The second kappa shape index (κ2) is 7.98. The molecular formula is C22H30FN4O3+. The molecule has 3 aliphatic rings. The van der Waals surface area contributed by atoms with E-state index in [-0.39, 0.29) is 23.6 Å². The summed E-state index contributed by atoms with van der Waals surface area (Å²) in [6, 6.07) is 4.31. The fourth-order valence-corrected chi connectivity index (χ4v) is 5.07. The Hall–Kier alpha value is -2.48. The summed E-state index contributed by atoms with van der Waals surface area (Å²) in [6.45, 7) is 6.47. The van der Waals surface area contributed by atoms with Crippen molar-refractivity contribution in [2.45, 2.75) is 45.1 Å². The molecule has 4 rings (SSSR count). The number of carbonyl (C=O) groups excluding carboxylic acids is 3. The molecule has 3 amide bonds. The van der Waals surface area contributed by atoms with Gasteiger partial charge in [-0.05, 0) is 43.9 Å². The lowest BCUT2D eigenvalue weighted by Crippen LogP contribution is -3.16. The maximum atomic E-state index is 14.5. The number of amides is 3. The maximum absolute atomic E-state index is 14.5. The Morgan fingerprint density at radius 2 is 2.00 bits per heavy atom.